The molecule has 0 aliphatic rings. The van der Waals surface area contributed by atoms with E-state index in [1.54, 1.807) is 19.5 Å². The quantitative estimate of drug-likeness (QED) is 0.586. The van der Waals surface area contributed by atoms with Crippen LogP contribution in [0.5, 0.6) is 5.75 Å². The molecule has 0 saturated carbocycles. The molecule has 0 bridgehead atoms. The van der Waals surface area contributed by atoms with E-state index < -0.39 is 0 Å². The minimum atomic E-state index is -0.285. The molecule has 2 heterocycles. The first-order valence-corrected chi connectivity index (χ1v) is 6.13. The highest BCUT2D eigenvalue weighted by molar-refractivity contribution is 5.33. The topological polar surface area (TPSA) is 90.9 Å². The van der Waals surface area contributed by atoms with Gasteiger partial charge in [0.05, 0.1) is 19.0 Å². The van der Waals surface area contributed by atoms with Crippen LogP contribution in [-0.2, 0) is 6.54 Å². The van der Waals surface area contributed by atoms with E-state index in [0.717, 1.165) is 24.4 Å². The third-order valence-corrected chi connectivity index (χ3v) is 2.84. The molecule has 2 rings (SSSR count). The molecule has 0 spiro atoms. The van der Waals surface area contributed by atoms with E-state index in [9.17, 15) is 0 Å². The van der Waals surface area contributed by atoms with E-state index >= 15 is 0 Å². The molecule has 2 aromatic rings. The minimum Gasteiger partial charge on any atom is -0.493 e. The van der Waals surface area contributed by atoms with Gasteiger partial charge in [0.1, 0.15) is 18.1 Å². The number of hydrogen-bond donors (Lipinski definition) is 2. The molecule has 0 aromatic carbocycles. The lowest BCUT2D eigenvalue weighted by Gasteiger charge is -2.18. The average molecular weight is 262 g/mol. The van der Waals surface area contributed by atoms with E-state index in [2.05, 4.69) is 27.4 Å². The summed E-state index contributed by atoms with van der Waals surface area (Å²) < 4.78 is 7.23. The van der Waals surface area contributed by atoms with Crippen molar-refractivity contribution >= 4 is 0 Å². The lowest BCUT2D eigenvalue weighted by atomic mass is 10.1. The smallest absolute Gasteiger partial charge is 0.162 e. The Labute approximate surface area is 111 Å². The maximum Gasteiger partial charge on any atom is 0.162 e. The Morgan fingerprint density at radius 1 is 1.53 bits per heavy atom. The first-order chi connectivity index (χ1) is 9.31. The van der Waals surface area contributed by atoms with Crippen LogP contribution in [0.1, 0.15) is 30.8 Å². The molecule has 7 heteroatoms. The van der Waals surface area contributed by atoms with Gasteiger partial charge in [-0.3, -0.25) is 10.5 Å². The molecule has 1 unspecified atom stereocenters. The van der Waals surface area contributed by atoms with Crippen LogP contribution in [0.25, 0.3) is 0 Å². The Hall–Kier alpha value is -1.99. The van der Waals surface area contributed by atoms with Crippen LogP contribution in [-0.4, -0.2) is 26.9 Å². The third kappa shape index (κ3) is 2.72. The molecule has 0 aliphatic carbocycles. The summed E-state index contributed by atoms with van der Waals surface area (Å²) in [4.78, 5) is 8.14. The number of nitrogens with two attached hydrogens (primary N) is 1. The lowest BCUT2D eigenvalue weighted by molar-refractivity contribution is 0.397. The molecule has 0 amide bonds. The molecule has 0 aliphatic heterocycles. The Balaban J connectivity index is 2.45. The largest absolute Gasteiger partial charge is 0.493 e. The molecule has 0 saturated heterocycles. The van der Waals surface area contributed by atoms with E-state index in [-0.39, 0.29) is 6.04 Å². The molecule has 1 atom stereocenters. The van der Waals surface area contributed by atoms with Crippen LogP contribution in [0.2, 0.25) is 0 Å². The van der Waals surface area contributed by atoms with E-state index in [1.165, 1.54) is 6.33 Å². The maximum atomic E-state index is 5.68. The highest BCUT2D eigenvalue weighted by atomic mass is 16.5. The molecule has 0 radical (unpaired) electrons. The van der Waals surface area contributed by atoms with Crippen LogP contribution in [0.3, 0.4) is 0 Å². The number of aryl methyl sites for hydroxylation is 1. The summed E-state index contributed by atoms with van der Waals surface area (Å²) in [5.74, 6) is 6.37. The van der Waals surface area contributed by atoms with Gasteiger partial charge < -0.3 is 4.74 Å². The summed E-state index contributed by atoms with van der Waals surface area (Å²) in [5, 5.41) is 4.32. The number of rotatable bonds is 6. The van der Waals surface area contributed by atoms with E-state index in [4.69, 9.17) is 10.6 Å². The van der Waals surface area contributed by atoms with Gasteiger partial charge in [0.15, 0.2) is 5.75 Å². The molecule has 0 fully saturated rings. The first-order valence-electron chi connectivity index (χ1n) is 6.13. The molecular weight excluding hydrogens is 244 g/mol. The van der Waals surface area contributed by atoms with Crippen molar-refractivity contribution in [2.45, 2.75) is 25.9 Å². The summed E-state index contributed by atoms with van der Waals surface area (Å²) in [6, 6.07) is 1.53. The number of methoxy groups -OCH3 is 1. The first kappa shape index (κ1) is 13.4. The Morgan fingerprint density at radius 3 is 2.95 bits per heavy atom. The monoisotopic (exact) mass is 262 g/mol. The summed E-state index contributed by atoms with van der Waals surface area (Å²) in [6.07, 6.45) is 5.84. The second kappa shape index (κ2) is 6.26. The van der Waals surface area contributed by atoms with Crippen molar-refractivity contribution in [1.29, 1.82) is 0 Å². The van der Waals surface area contributed by atoms with Gasteiger partial charge >= 0.3 is 0 Å². The van der Waals surface area contributed by atoms with Gasteiger partial charge in [-0.05, 0) is 12.5 Å². The zero-order valence-corrected chi connectivity index (χ0v) is 11.1. The van der Waals surface area contributed by atoms with Gasteiger partial charge in [0.25, 0.3) is 0 Å². The molecule has 2 aromatic heterocycles. The molecule has 19 heavy (non-hydrogen) atoms. The van der Waals surface area contributed by atoms with Gasteiger partial charge in [0.2, 0.25) is 0 Å². The fourth-order valence-electron chi connectivity index (χ4n) is 1.99. The van der Waals surface area contributed by atoms with Crippen molar-refractivity contribution in [3.63, 3.8) is 0 Å². The second-order valence-corrected chi connectivity index (χ2v) is 4.06. The highest BCUT2D eigenvalue weighted by Crippen LogP contribution is 2.28. The highest BCUT2D eigenvalue weighted by Gasteiger charge is 2.23. The zero-order chi connectivity index (χ0) is 13.7. The van der Waals surface area contributed by atoms with Crippen molar-refractivity contribution in [3.8, 4) is 5.75 Å². The third-order valence-electron chi connectivity index (χ3n) is 2.84. The van der Waals surface area contributed by atoms with Crippen LogP contribution < -0.4 is 16.0 Å². The van der Waals surface area contributed by atoms with Gasteiger partial charge in [-0.15, -0.1) is 0 Å². The Morgan fingerprint density at radius 2 is 2.37 bits per heavy atom. The number of aromatic nitrogens is 4. The Kier molecular flexibility index (Phi) is 4.43. The molecule has 7 nitrogen and oxygen atoms in total. The molecule has 3 N–H and O–H groups in total. The van der Waals surface area contributed by atoms with Crippen molar-refractivity contribution in [1.82, 2.24) is 25.2 Å². The van der Waals surface area contributed by atoms with Crippen LogP contribution in [0.4, 0.5) is 0 Å². The summed E-state index contributed by atoms with van der Waals surface area (Å²) in [7, 11) is 1.62. The van der Waals surface area contributed by atoms with Crippen molar-refractivity contribution in [3.05, 3.63) is 36.2 Å². The number of ether oxygens (including phenoxy) is 1. The number of nitrogens with one attached hydrogen (secondary N) is 1. The minimum absolute atomic E-state index is 0.285. The fourth-order valence-corrected chi connectivity index (χ4v) is 1.99. The van der Waals surface area contributed by atoms with Gasteiger partial charge in [-0.1, -0.05) is 6.92 Å². The van der Waals surface area contributed by atoms with E-state index in [1.807, 2.05) is 10.7 Å². The van der Waals surface area contributed by atoms with Gasteiger partial charge in [0, 0.05) is 12.7 Å². The van der Waals surface area contributed by atoms with Crippen LogP contribution in [0.15, 0.2) is 24.8 Å². The fraction of sp³-hybridized carbons (Fsp3) is 0.417. The number of hydrogen-bond acceptors (Lipinski definition) is 6. The molecule has 102 valence electrons. The zero-order valence-electron chi connectivity index (χ0n) is 11.1. The normalized spacial score (nSPS) is 12.4. The summed E-state index contributed by atoms with van der Waals surface area (Å²) >= 11 is 0. The Bertz CT molecular complexity index is 512. The summed E-state index contributed by atoms with van der Waals surface area (Å²) in [6.45, 7) is 2.88. The summed E-state index contributed by atoms with van der Waals surface area (Å²) in [5.41, 5.74) is 4.40. The number of hydrazine groups is 1. The average Bonchev–Trinajstić information content (AvgIpc) is 2.85. The van der Waals surface area contributed by atoms with E-state index in [0.29, 0.717) is 5.75 Å². The van der Waals surface area contributed by atoms with Crippen molar-refractivity contribution < 1.29 is 4.74 Å². The maximum absolute atomic E-state index is 5.68. The van der Waals surface area contributed by atoms with Gasteiger partial charge in [-0.25, -0.2) is 15.4 Å². The SMILES string of the molecule is CCCn1ncc(OC)c1C(NN)c1ccncn1. The van der Waals surface area contributed by atoms with Gasteiger partial charge in [-0.2, -0.15) is 5.10 Å². The second-order valence-electron chi connectivity index (χ2n) is 4.06. The predicted molar refractivity (Wildman–Crippen MR) is 70.3 cm³/mol. The lowest BCUT2D eigenvalue weighted by Crippen LogP contribution is -2.31. The molecular formula is C12H18N6O. The van der Waals surface area contributed by atoms with Crippen LogP contribution >= 0.6 is 0 Å². The van der Waals surface area contributed by atoms with Crippen molar-refractivity contribution in [2.75, 3.05) is 7.11 Å². The van der Waals surface area contributed by atoms with Crippen molar-refractivity contribution in [2.24, 2.45) is 5.84 Å². The standard InChI is InChI=1S/C12H18N6O/c1-3-6-18-12(10(19-2)7-16-18)11(17-13)9-4-5-14-8-15-9/h4-5,7-8,11,17H,3,6,13H2,1-2H3. The number of nitrogens with zero attached hydrogens (tertiary/aromatic N) is 4. The van der Waals surface area contributed by atoms with Crippen LogP contribution in [0, 0.1) is 0 Å². The predicted octanol–water partition coefficient (Wildman–Crippen LogP) is 0.644.